The van der Waals surface area contributed by atoms with Gasteiger partial charge in [0.1, 0.15) is 11.9 Å². The molecular formula is C15H26O3. The van der Waals surface area contributed by atoms with Gasteiger partial charge in [0.15, 0.2) is 0 Å². The van der Waals surface area contributed by atoms with Gasteiger partial charge < -0.3 is 4.74 Å². The second-order valence-electron chi connectivity index (χ2n) is 6.97. The molecule has 0 aromatic rings. The molecule has 0 N–H and O–H groups in total. The Morgan fingerprint density at radius 1 is 1.33 bits per heavy atom. The van der Waals surface area contributed by atoms with Gasteiger partial charge in [-0.2, -0.15) is 0 Å². The van der Waals surface area contributed by atoms with Crippen LogP contribution in [0, 0.1) is 23.2 Å². The first-order valence-corrected chi connectivity index (χ1v) is 6.86. The lowest BCUT2D eigenvalue weighted by atomic mass is 9.74. The summed E-state index contributed by atoms with van der Waals surface area (Å²) in [6.07, 6.45) is 1.18. The van der Waals surface area contributed by atoms with Crippen molar-refractivity contribution in [2.75, 3.05) is 0 Å². The molecule has 0 amide bonds. The van der Waals surface area contributed by atoms with E-state index in [0.29, 0.717) is 12.3 Å². The molecule has 0 saturated heterocycles. The summed E-state index contributed by atoms with van der Waals surface area (Å²) >= 11 is 0. The van der Waals surface area contributed by atoms with Crippen LogP contribution >= 0.6 is 0 Å². The third-order valence-corrected chi connectivity index (χ3v) is 3.55. The van der Waals surface area contributed by atoms with Gasteiger partial charge in [-0.15, -0.1) is 0 Å². The first-order valence-electron chi connectivity index (χ1n) is 6.86. The second-order valence-corrected chi connectivity index (χ2v) is 6.97. The molecule has 3 heteroatoms. The van der Waals surface area contributed by atoms with E-state index in [1.54, 1.807) is 0 Å². The lowest BCUT2D eigenvalue weighted by Crippen LogP contribution is -2.43. The first-order chi connectivity index (χ1) is 8.12. The van der Waals surface area contributed by atoms with Crippen LogP contribution in [0.4, 0.5) is 0 Å². The fourth-order valence-corrected chi connectivity index (χ4v) is 2.55. The van der Waals surface area contributed by atoms with Crippen molar-refractivity contribution in [3.63, 3.8) is 0 Å². The summed E-state index contributed by atoms with van der Waals surface area (Å²) in [5.41, 5.74) is -0.509. The van der Waals surface area contributed by atoms with Gasteiger partial charge in [-0.3, -0.25) is 9.59 Å². The zero-order chi connectivity index (χ0) is 14.1. The highest BCUT2D eigenvalue weighted by Gasteiger charge is 2.40. The molecule has 1 rings (SSSR count). The molecule has 1 saturated carbocycles. The zero-order valence-electron chi connectivity index (χ0n) is 12.4. The van der Waals surface area contributed by atoms with Crippen molar-refractivity contribution in [1.82, 2.24) is 0 Å². The third-order valence-electron chi connectivity index (χ3n) is 3.55. The Bertz CT molecular complexity index is 325. The Kier molecular flexibility index (Phi) is 4.57. The van der Waals surface area contributed by atoms with Crippen molar-refractivity contribution in [2.24, 2.45) is 23.2 Å². The van der Waals surface area contributed by atoms with Crippen LogP contribution in [0.25, 0.3) is 0 Å². The van der Waals surface area contributed by atoms with Gasteiger partial charge in [0.05, 0.1) is 11.3 Å². The second kappa shape index (κ2) is 5.41. The number of carbonyl (C=O) groups is 2. The first kappa shape index (κ1) is 15.2. The normalized spacial score (nSPS) is 29.5. The maximum Gasteiger partial charge on any atom is 0.311 e. The van der Waals surface area contributed by atoms with Crippen molar-refractivity contribution in [2.45, 2.75) is 60.5 Å². The monoisotopic (exact) mass is 254 g/mol. The predicted molar refractivity (Wildman–Crippen MR) is 71.1 cm³/mol. The molecule has 0 aliphatic heterocycles. The summed E-state index contributed by atoms with van der Waals surface area (Å²) in [4.78, 5) is 24.1. The number of ether oxygens (including phenoxy) is 1. The summed E-state index contributed by atoms with van der Waals surface area (Å²) in [6.45, 7) is 11.6. The van der Waals surface area contributed by atoms with Crippen LogP contribution in [0.3, 0.4) is 0 Å². The molecule has 1 aliphatic carbocycles. The number of hydrogen-bond donors (Lipinski definition) is 0. The van der Waals surface area contributed by atoms with Crippen molar-refractivity contribution in [1.29, 1.82) is 0 Å². The highest BCUT2D eigenvalue weighted by atomic mass is 16.5. The van der Waals surface area contributed by atoms with Crippen LogP contribution in [0.5, 0.6) is 0 Å². The molecule has 0 spiro atoms. The number of ketones is 1. The zero-order valence-corrected chi connectivity index (χ0v) is 12.4. The quantitative estimate of drug-likeness (QED) is 0.711. The van der Waals surface area contributed by atoms with Gasteiger partial charge in [0.25, 0.3) is 0 Å². The summed E-state index contributed by atoms with van der Waals surface area (Å²) in [5.74, 6) is 0.441. The Morgan fingerprint density at radius 3 is 2.33 bits per heavy atom. The van der Waals surface area contributed by atoms with E-state index in [9.17, 15) is 9.59 Å². The Hall–Kier alpha value is -0.860. The molecular weight excluding hydrogens is 228 g/mol. The van der Waals surface area contributed by atoms with Gasteiger partial charge in [-0.25, -0.2) is 0 Å². The lowest BCUT2D eigenvalue weighted by molar-refractivity contribution is -0.167. The topological polar surface area (TPSA) is 43.4 Å². The molecule has 0 unspecified atom stereocenters. The highest BCUT2D eigenvalue weighted by molar-refractivity contribution is 5.83. The summed E-state index contributed by atoms with van der Waals surface area (Å²) in [7, 11) is 0. The van der Waals surface area contributed by atoms with Gasteiger partial charge >= 0.3 is 5.97 Å². The maximum atomic E-state index is 12.1. The van der Waals surface area contributed by atoms with Gasteiger partial charge in [0, 0.05) is 6.42 Å². The van der Waals surface area contributed by atoms with Gasteiger partial charge in [-0.05, 0) is 39.0 Å². The third kappa shape index (κ3) is 3.56. The SMILES string of the molecule is CC(C)[C@@H]1C(=O)C[C@@H](C)C[C@@H]1OC(=O)C(C)(C)C. The van der Waals surface area contributed by atoms with Gasteiger partial charge in [0.2, 0.25) is 0 Å². The molecule has 1 aliphatic rings. The van der Waals surface area contributed by atoms with Crippen LogP contribution < -0.4 is 0 Å². The molecule has 3 nitrogen and oxygen atoms in total. The standard InChI is InChI=1S/C15H26O3/c1-9(2)13-11(16)7-10(3)8-12(13)18-14(17)15(4,5)6/h9-10,12-13H,7-8H2,1-6H3/t10-,12+,13-/m1/s1. The van der Waals surface area contributed by atoms with E-state index in [-0.39, 0.29) is 29.7 Å². The fraction of sp³-hybridized carbons (Fsp3) is 0.867. The minimum atomic E-state index is -0.509. The van der Waals surface area contributed by atoms with E-state index < -0.39 is 5.41 Å². The number of rotatable bonds is 2. The molecule has 3 atom stereocenters. The molecule has 0 aromatic carbocycles. The average molecular weight is 254 g/mol. The molecule has 104 valence electrons. The predicted octanol–water partition coefficient (Wildman–Crippen LogP) is 3.22. The minimum Gasteiger partial charge on any atom is -0.461 e. The minimum absolute atomic E-state index is 0.132. The Labute approximate surface area is 110 Å². The summed E-state index contributed by atoms with van der Waals surface area (Å²) in [6, 6.07) is 0. The number of hydrogen-bond acceptors (Lipinski definition) is 3. The van der Waals surface area contributed by atoms with Crippen molar-refractivity contribution in [3.8, 4) is 0 Å². The number of esters is 1. The lowest BCUT2D eigenvalue weighted by Gasteiger charge is -2.36. The van der Waals surface area contributed by atoms with E-state index in [0.717, 1.165) is 6.42 Å². The van der Waals surface area contributed by atoms with Gasteiger partial charge in [-0.1, -0.05) is 20.8 Å². The molecule has 0 radical (unpaired) electrons. The number of carbonyl (C=O) groups excluding carboxylic acids is 2. The van der Waals surface area contributed by atoms with E-state index >= 15 is 0 Å². The number of Topliss-reactive ketones (excluding diaryl/α,β-unsaturated/α-hetero) is 1. The Morgan fingerprint density at radius 2 is 1.89 bits per heavy atom. The maximum absolute atomic E-state index is 12.1. The van der Waals surface area contributed by atoms with E-state index in [1.807, 2.05) is 41.5 Å². The van der Waals surface area contributed by atoms with E-state index in [1.165, 1.54) is 0 Å². The molecule has 0 aromatic heterocycles. The molecule has 0 heterocycles. The molecule has 0 bridgehead atoms. The van der Waals surface area contributed by atoms with Crippen molar-refractivity contribution < 1.29 is 14.3 Å². The van der Waals surface area contributed by atoms with Crippen LogP contribution in [0.1, 0.15) is 54.4 Å². The highest BCUT2D eigenvalue weighted by Crippen LogP contribution is 2.34. The summed E-state index contributed by atoms with van der Waals surface area (Å²) in [5, 5.41) is 0. The summed E-state index contributed by atoms with van der Waals surface area (Å²) < 4.78 is 5.61. The van der Waals surface area contributed by atoms with E-state index in [2.05, 4.69) is 0 Å². The molecule has 1 fully saturated rings. The van der Waals surface area contributed by atoms with Crippen LogP contribution in [-0.4, -0.2) is 17.9 Å². The van der Waals surface area contributed by atoms with Crippen molar-refractivity contribution in [3.05, 3.63) is 0 Å². The smallest absolute Gasteiger partial charge is 0.311 e. The Balaban J connectivity index is 2.82. The fourth-order valence-electron chi connectivity index (χ4n) is 2.55. The molecule has 18 heavy (non-hydrogen) atoms. The van der Waals surface area contributed by atoms with E-state index in [4.69, 9.17) is 4.74 Å². The van der Waals surface area contributed by atoms with Crippen LogP contribution in [0.2, 0.25) is 0 Å². The van der Waals surface area contributed by atoms with Crippen LogP contribution in [0.15, 0.2) is 0 Å². The average Bonchev–Trinajstić information content (AvgIpc) is 2.13. The van der Waals surface area contributed by atoms with Crippen LogP contribution in [-0.2, 0) is 14.3 Å². The largest absolute Gasteiger partial charge is 0.461 e. The van der Waals surface area contributed by atoms with Crippen molar-refractivity contribution >= 4 is 11.8 Å².